The molecule has 0 spiro atoms. The summed E-state index contributed by atoms with van der Waals surface area (Å²) in [6, 6.07) is 10.4. The number of carbonyl (C=O) groups excluding carboxylic acids is 2. The second-order valence-electron chi connectivity index (χ2n) is 6.23. The third-order valence-corrected chi connectivity index (χ3v) is 4.40. The molecule has 2 aromatic rings. The standard InChI is InChI=1S/C18H20N2O3/c1-18(10-2-3-11-18)17(22)20-14-8-6-13(7-9-14)19-16(21)15-5-4-12-23-15/h4-9,12H,2-3,10-11H2,1H3,(H,19,21)(H,20,22). The van der Waals surface area contributed by atoms with E-state index in [9.17, 15) is 9.59 Å². The highest BCUT2D eigenvalue weighted by molar-refractivity contribution is 6.02. The monoisotopic (exact) mass is 312 g/mol. The fourth-order valence-electron chi connectivity index (χ4n) is 2.90. The Morgan fingerprint density at radius 2 is 1.61 bits per heavy atom. The van der Waals surface area contributed by atoms with Crippen molar-refractivity contribution >= 4 is 23.2 Å². The van der Waals surface area contributed by atoms with Gasteiger partial charge >= 0.3 is 0 Å². The van der Waals surface area contributed by atoms with Crippen molar-refractivity contribution in [2.75, 3.05) is 10.6 Å². The summed E-state index contributed by atoms with van der Waals surface area (Å²) >= 11 is 0. The van der Waals surface area contributed by atoms with Crippen LogP contribution in [0.15, 0.2) is 47.1 Å². The van der Waals surface area contributed by atoms with E-state index in [-0.39, 0.29) is 23.0 Å². The van der Waals surface area contributed by atoms with Crippen molar-refractivity contribution in [1.29, 1.82) is 0 Å². The van der Waals surface area contributed by atoms with Gasteiger partial charge in [0.25, 0.3) is 5.91 Å². The molecular weight excluding hydrogens is 292 g/mol. The van der Waals surface area contributed by atoms with E-state index in [1.807, 2.05) is 6.92 Å². The van der Waals surface area contributed by atoms with Crippen LogP contribution in [0.5, 0.6) is 0 Å². The van der Waals surface area contributed by atoms with Crippen LogP contribution >= 0.6 is 0 Å². The molecule has 5 heteroatoms. The summed E-state index contributed by atoms with van der Waals surface area (Å²) in [6.07, 6.45) is 5.56. The first-order valence-corrected chi connectivity index (χ1v) is 7.83. The Labute approximate surface area is 135 Å². The van der Waals surface area contributed by atoms with Gasteiger partial charge in [-0.2, -0.15) is 0 Å². The zero-order valence-corrected chi connectivity index (χ0v) is 13.1. The molecule has 0 saturated heterocycles. The highest BCUT2D eigenvalue weighted by Crippen LogP contribution is 2.38. The van der Waals surface area contributed by atoms with Crippen LogP contribution in [-0.2, 0) is 4.79 Å². The Bertz CT molecular complexity index is 684. The molecule has 0 unspecified atom stereocenters. The second kappa shape index (κ2) is 6.28. The van der Waals surface area contributed by atoms with Gasteiger partial charge in [0.05, 0.1) is 6.26 Å². The molecule has 1 aliphatic carbocycles. The number of furan rings is 1. The number of nitrogens with one attached hydrogen (secondary N) is 2. The minimum absolute atomic E-state index is 0.0716. The average molecular weight is 312 g/mol. The topological polar surface area (TPSA) is 71.3 Å². The van der Waals surface area contributed by atoms with Crippen LogP contribution in [0.2, 0.25) is 0 Å². The molecule has 23 heavy (non-hydrogen) atoms. The van der Waals surface area contributed by atoms with Crippen molar-refractivity contribution in [1.82, 2.24) is 0 Å². The Balaban J connectivity index is 1.61. The molecule has 0 aliphatic heterocycles. The van der Waals surface area contributed by atoms with Crippen molar-refractivity contribution in [3.8, 4) is 0 Å². The number of hydrogen-bond donors (Lipinski definition) is 2. The van der Waals surface area contributed by atoms with Gasteiger partial charge in [0, 0.05) is 16.8 Å². The van der Waals surface area contributed by atoms with E-state index in [2.05, 4.69) is 10.6 Å². The van der Waals surface area contributed by atoms with Crippen molar-refractivity contribution in [2.45, 2.75) is 32.6 Å². The summed E-state index contributed by atoms with van der Waals surface area (Å²) in [5.74, 6) is 0.0316. The maximum Gasteiger partial charge on any atom is 0.291 e. The summed E-state index contributed by atoms with van der Waals surface area (Å²) in [5, 5.41) is 5.70. The van der Waals surface area contributed by atoms with E-state index in [1.165, 1.54) is 6.26 Å². The van der Waals surface area contributed by atoms with E-state index in [4.69, 9.17) is 4.42 Å². The number of anilines is 2. The predicted octanol–water partition coefficient (Wildman–Crippen LogP) is 4.05. The van der Waals surface area contributed by atoms with E-state index >= 15 is 0 Å². The quantitative estimate of drug-likeness (QED) is 0.894. The molecule has 0 radical (unpaired) electrons. The minimum Gasteiger partial charge on any atom is -0.459 e. The van der Waals surface area contributed by atoms with Crippen molar-refractivity contribution in [3.05, 3.63) is 48.4 Å². The minimum atomic E-state index is -0.301. The molecule has 5 nitrogen and oxygen atoms in total. The SMILES string of the molecule is CC1(C(=O)Nc2ccc(NC(=O)c3ccco3)cc2)CCCC1. The summed E-state index contributed by atoms with van der Waals surface area (Å²) in [5.41, 5.74) is 1.13. The molecule has 2 amide bonds. The van der Waals surface area contributed by atoms with Crippen LogP contribution in [0.1, 0.15) is 43.2 Å². The van der Waals surface area contributed by atoms with Gasteiger partial charge in [0.2, 0.25) is 5.91 Å². The lowest BCUT2D eigenvalue weighted by molar-refractivity contribution is -0.124. The van der Waals surface area contributed by atoms with Crippen LogP contribution in [-0.4, -0.2) is 11.8 Å². The summed E-state index contributed by atoms with van der Waals surface area (Å²) in [6.45, 7) is 2.02. The summed E-state index contributed by atoms with van der Waals surface area (Å²) in [7, 11) is 0. The van der Waals surface area contributed by atoms with Crippen LogP contribution in [0.4, 0.5) is 11.4 Å². The van der Waals surface area contributed by atoms with E-state index in [0.29, 0.717) is 5.69 Å². The number of hydrogen-bond acceptors (Lipinski definition) is 3. The largest absolute Gasteiger partial charge is 0.459 e. The van der Waals surface area contributed by atoms with E-state index in [0.717, 1.165) is 31.4 Å². The second-order valence-corrected chi connectivity index (χ2v) is 6.23. The van der Waals surface area contributed by atoms with Gasteiger partial charge in [-0.05, 0) is 49.2 Å². The van der Waals surface area contributed by atoms with Gasteiger partial charge in [-0.3, -0.25) is 9.59 Å². The Hall–Kier alpha value is -2.56. The van der Waals surface area contributed by atoms with Crippen LogP contribution in [0, 0.1) is 5.41 Å². The summed E-state index contributed by atoms with van der Waals surface area (Å²) in [4.78, 5) is 24.2. The molecule has 0 bridgehead atoms. The van der Waals surface area contributed by atoms with Crippen molar-refractivity contribution in [3.63, 3.8) is 0 Å². The van der Waals surface area contributed by atoms with Crippen LogP contribution in [0.25, 0.3) is 0 Å². The van der Waals surface area contributed by atoms with Crippen molar-refractivity contribution < 1.29 is 14.0 Å². The third-order valence-electron chi connectivity index (χ3n) is 4.40. The lowest BCUT2D eigenvalue weighted by atomic mass is 9.88. The van der Waals surface area contributed by atoms with Gasteiger partial charge in [0.1, 0.15) is 0 Å². The number of rotatable bonds is 4. The lowest BCUT2D eigenvalue weighted by Crippen LogP contribution is -2.30. The smallest absolute Gasteiger partial charge is 0.291 e. The van der Waals surface area contributed by atoms with Gasteiger partial charge < -0.3 is 15.1 Å². The Morgan fingerprint density at radius 1 is 1.00 bits per heavy atom. The number of benzene rings is 1. The third kappa shape index (κ3) is 3.44. The van der Waals surface area contributed by atoms with Gasteiger partial charge in [-0.25, -0.2) is 0 Å². The highest BCUT2D eigenvalue weighted by Gasteiger charge is 2.36. The maximum absolute atomic E-state index is 12.4. The van der Waals surface area contributed by atoms with Gasteiger partial charge in [0.15, 0.2) is 5.76 Å². The zero-order valence-electron chi connectivity index (χ0n) is 13.1. The van der Waals surface area contributed by atoms with E-state index < -0.39 is 0 Å². The lowest BCUT2D eigenvalue weighted by Gasteiger charge is -2.22. The molecule has 1 saturated carbocycles. The molecule has 1 fully saturated rings. The van der Waals surface area contributed by atoms with Crippen LogP contribution in [0.3, 0.4) is 0 Å². The molecule has 1 aromatic heterocycles. The van der Waals surface area contributed by atoms with Gasteiger partial charge in [-0.1, -0.05) is 19.8 Å². The average Bonchev–Trinajstić information content (AvgIpc) is 3.21. The zero-order chi connectivity index (χ0) is 16.3. The molecule has 120 valence electrons. The fourth-order valence-corrected chi connectivity index (χ4v) is 2.90. The first-order chi connectivity index (χ1) is 11.1. The van der Waals surface area contributed by atoms with Crippen LogP contribution < -0.4 is 10.6 Å². The molecule has 1 aliphatic rings. The molecule has 1 aromatic carbocycles. The number of carbonyl (C=O) groups is 2. The van der Waals surface area contributed by atoms with Crippen molar-refractivity contribution in [2.24, 2.45) is 5.41 Å². The first kappa shape index (κ1) is 15.3. The fraction of sp³-hybridized carbons (Fsp3) is 0.333. The molecular formula is C18H20N2O3. The molecule has 0 atom stereocenters. The molecule has 1 heterocycles. The molecule has 3 rings (SSSR count). The predicted molar refractivity (Wildman–Crippen MR) is 88.3 cm³/mol. The Morgan fingerprint density at radius 3 is 2.17 bits per heavy atom. The highest BCUT2D eigenvalue weighted by atomic mass is 16.3. The summed E-state index contributed by atoms with van der Waals surface area (Å²) < 4.78 is 5.04. The van der Waals surface area contributed by atoms with Gasteiger partial charge in [-0.15, -0.1) is 0 Å². The van der Waals surface area contributed by atoms with E-state index in [1.54, 1.807) is 36.4 Å². The number of amides is 2. The Kier molecular flexibility index (Phi) is 4.19. The maximum atomic E-state index is 12.4. The normalized spacial score (nSPS) is 16.0. The first-order valence-electron chi connectivity index (χ1n) is 7.83. The molecule has 2 N–H and O–H groups in total.